The third-order valence-corrected chi connectivity index (χ3v) is 9.26. The maximum atomic E-state index is 15.9. The quantitative estimate of drug-likeness (QED) is 0.139. The van der Waals surface area contributed by atoms with E-state index in [9.17, 15) is 13.2 Å². The standard InChI is InChI=1S/C30H28F2IN5O4S/c1-19-14-21(33)10-11-25(19)36-29-24(30(39)37-42-18-20-8-9-20)15-26(27(31)28(29)32)43(40,41)38(16-22-6-2-4-12-34-22)17-23-7-3-5-13-35-23/h2-7,10-15,20,36H,8-9,16-18H2,1H3,(H,37,39). The summed E-state index contributed by atoms with van der Waals surface area (Å²) in [7, 11) is -4.75. The van der Waals surface area contributed by atoms with E-state index in [0.717, 1.165) is 26.8 Å². The van der Waals surface area contributed by atoms with Crippen LogP contribution in [0.4, 0.5) is 20.2 Å². The minimum atomic E-state index is -4.75. The summed E-state index contributed by atoms with van der Waals surface area (Å²) < 4.78 is 61.7. The van der Waals surface area contributed by atoms with E-state index in [2.05, 4.69) is 43.4 Å². The third-order valence-electron chi connectivity index (χ3n) is 6.79. The Morgan fingerprint density at radius 2 is 1.65 bits per heavy atom. The highest BCUT2D eigenvalue weighted by Gasteiger charge is 2.34. The lowest BCUT2D eigenvalue weighted by Gasteiger charge is -2.23. The van der Waals surface area contributed by atoms with E-state index in [1.165, 1.54) is 12.4 Å². The SMILES string of the molecule is Cc1cc(I)ccc1Nc1c(C(=O)NOCC2CC2)cc(S(=O)(=O)N(Cc2ccccn2)Cc2ccccn2)c(F)c1F. The molecular formula is C30H28F2IN5O4S. The van der Waals surface area contributed by atoms with Crippen molar-refractivity contribution in [3.05, 3.63) is 111 Å². The molecule has 0 atom stereocenters. The van der Waals surface area contributed by atoms with Gasteiger partial charge in [0.2, 0.25) is 10.0 Å². The first-order valence-electron chi connectivity index (χ1n) is 13.4. The van der Waals surface area contributed by atoms with Gasteiger partial charge in [-0.25, -0.2) is 22.7 Å². The molecule has 0 radical (unpaired) electrons. The fourth-order valence-electron chi connectivity index (χ4n) is 4.27. The predicted molar refractivity (Wildman–Crippen MR) is 165 cm³/mol. The summed E-state index contributed by atoms with van der Waals surface area (Å²) in [5.41, 5.74) is 3.16. The fraction of sp³-hybridized carbons (Fsp3) is 0.233. The van der Waals surface area contributed by atoms with E-state index in [-0.39, 0.29) is 19.7 Å². The number of nitrogens with one attached hydrogen (secondary N) is 2. The molecule has 5 rings (SSSR count). The lowest BCUT2D eigenvalue weighted by Crippen LogP contribution is -2.32. The summed E-state index contributed by atoms with van der Waals surface area (Å²) in [6.07, 6.45) is 4.92. The van der Waals surface area contributed by atoms with Gasteiger partial charge in [0.05, 0.1) is 42.3 Å². The van der Waals surface area contributed by atoms with E-state index in [1.54, 1.807) is 55.5 Å². The third kappa shape index (κ3) is 7.52. The van der Waals surface area contributed by atoms with Crippen molar-refractivity contribution in [3.63, 3.8) is 0 Å². The molecule has 43 heavy (non-hydrogen) atoms. The molecule has 0 aliphatic heterocycles. The molecule has 2 aromatic carbocycles. The Balaban J connectivity index is 1.58. The van der Waals surface area contributed by atoms with Crippen LogP contribution in [-0.2, 0) is 28.0 Å². The smallest absolute Gasteiger partial charge is 0.277 e. The number of anilines is 2. The molecule has 0 unspecified atom stereocenters. The van der Waals surface area contributed by atoms with E-state index in [1.807, 2.05) is 6.07 Å². The first kappa shape index (κ1) is 30.9. The number of carbonyl (C=O) groups excluding carboxylic acids is 1. The van der Waals surface area contributed by atoms with Crippen LogP contribution in [-0.4, -0.2) is 35.2 Å². The number of hydroxylamine groups is 1. The monoisotopic (exact) mass is 719 g/mol. The lowest BCUT2D eigenvalue weighted by atomic mass is 10.1. The van der Waals surface area contributed by atoms with Gasteiger partial charge < -0.3 is 5.32 Å². The summed E-state index contributed by atoms with van der Waals surface area (Å²) in [4.78, 5) is 26.0. The Kier molecular flexibility index (Phi) is 9.64. The molecule has 1 amide bonds. The van der Waals surface area contributed by atoms with Gasteiger partial charge in [-0.15, -0.1) is 0 Å². The van der Waals surface area contributed by atoms with Crippen molar-refractivity contribution in [2.45, 2.75) is 37.8 Å². The van der Waals surface area contributed by atoms with Gasteiger partial charge in [-0.2, -0.15) is 4.31 Å². The Hall–Kier alpha value is -3.53. The number of sulfonamides is 1. The van der Waals surface area contributed by atoms with Gasteiger partial charge in [0.25, 0.3) is 5.91 Å². The van der Waals surface area contributed by atoms with Crippen LogP contribution in [0.5, 0.6) is 0 Å². The number of aryl methyl sites for hydroxylation is 1. The molecule has 1 fully saturated rings. The Bertz CT molecular complexity index is 1680. The van der Waals surface area contributed by atoms with E-state index in [0.29, 0.717) is 28.6 Å². The average molecular weight is 720 g/mol. The van der Waals surface area contributed by atoms with Crippen LogP contribution >= 0.6 is 22.6 Å². The molecule has 1 aliphatic rings. The largest absolute Gasteiger partial charge is 0.352 e. The number of hydrogen-bond donors (Lipinski definition) is 2. The molecule has 1 aliphatic carbocycles. The number of pyridine rings is 2. The first-order valence-corrected chi connectivity index (χ1v) is 15.9. The summed E-state index contributed by atoms with van der Waals surface area (Å²) in [6.45, 7) is 1.51. The first-order chi connectivity index (χ1) is 20.6. The van der Waals surface area contributed by atoms with Gasteiger partial charge in [-0.1, -0.05) is 12.1 Å². The number of carbonyl (C=O) groups is 1. The summed E-state index contributed by atoms with van der Waals surface area (Å²) in [5.74, 6) is -3.78. The maximum Gasteiger partial charge on any atom is 0.277 e. The van der Waals surface area contributed by atoms with Crippen molar-refractivity contribution >= 4 is 49.9 Å². The molecule has 224 valence electrons. The average Bonchev–Trinajstić information content (AvgIpc) is 3.82. The second-order valence-corrected chi connectivity index (χ2v) is 13.3. The van der Waals surface area contributed by atoms with Crippen LogP contribution in [0, 0.1) is 28.0 Å². The van der Waals surface area contributed by atoms with Gasteiger partial charge in [0, 0.05) is 21.7 Å². The van der Waals surface area contributed by atoms with Crippen LogP contribution < -0.4 is 10.8 Å². The molecule has 0 bridgehead atoms. The Morgan fingerprint density at radius 1 is 1.00 bits per heavy atom. The molecular weight excluding hydrogens is 691 g/mol. The van der Waals surface area contributed by atoms with Crippen LogP contribution in [0.25, 0.3) is 0 Å². The van der Waals surface area contributed by atoms with Crippen molar-refractivity contribution in [1.29, 1.82) is 0 Å². The number of halogens is 3. The van der Waals surface area contributed by atoms with Crippen molar-refractivity contribution in [2.75, 3.05) is 11.9 Å². The predicted octanol–water partition coefficient (Wildman–Crippen LogP) is 5.87. The Morgan fingerprint density at radius 3 is 2.21 bits per heavy atom. The summed E-state index contributed by atoms with van der Waals surface area (Å²) >= 11 is 2.12. The minimum absolute atomic E-state index is 0.251. The molecule has 2 aromatic heterocycles. The van der Waals surface area contributed by atoms with Gasteiger partial charge >= 0.3 is 0 Å². The van der Waals surface area contributed by atoms with Crippen molar-refractivity contribution in [1.82, 2.24) is 19.8 Å². The number of nitrogens with zero attached hydrogens (tertiary/aromatic N) is 3. The van der Waals surface area contributed by atoms with Gasteiger partial charge in [0.15, 0.2) is 11.6 Å². The zero-order chi connectivity index (χ0) is 30.6. The highest BCUT2D eigenvalue weighted by molar-refractivity contribution is 14.1. The molecule has 2 N–H and O–H groups in total. The summed E-state index contributed by atoms with van der Waals surface area (Å²) in [5, 5.41) is 2.79. The topological polar surface area (TPSA) is 114 Å². The maximum absolute atomic E-state index is 15.9. The molecule has 4 aromatic rings. The van der Waals surface area contributed by atoms with Crippen molar-refractivity contribution in [2.24, 2.45) is 5.92 Å². The molecule has 0 spiro atoms. The van der Waals surface area contributed by atoms with Gasteiger partial charge in [-0.05, 0) is 102 Å². The number of benzene rings is 2. The number of hydrogen-bond acceptors (Lipinski definition) is 7. The zero-order valence-corrected chi connectivity index (χ0v) is 26.0. The minimum Gasteiger partial charge on any atom is -0.352 e. The van der Waals surface area contributed by atoms with Gasteiger partial charge in [0.1, 0.15) is 4.90 Å². The molecule has 13 heteroatoms. The Labute approximate surface area is 261 Å². The highest BCUT2D eigenvalue weighted by atomic mass is 127. The van der Waals surface area contributed by atoms with E-state index < -0.39 is 43.7 Å². The number of aromatic nitrogens is 2. The normalized spacial score (nSPS) is 13.2. The number of amides is 1. The highest BCUT2D eigenvalue weighted by Crippen LogP contribution is 2.34. The van der Waals surface area contributed by atoms with E-state index in [4.69, 9.17) is 4.84 Å². The van der Waals surface area contributed by atoms with Gasteiger partial charge in [-0.3, -0.25) is 19.6 Å². The number of rotatable bonds is 12. The van der Waals surface area contributed by atoms with E-state index >= 15 is 8.78 Å². The molecule has 1 saturated carbocycles. The summed E-state index contributed by atoms with van der Waals surface area (Å²) in [6, 6.07) is 16.0. The molecule has 9 nitrogen and oxygen atoms in total. The van der Waals surface area contributed by atoms with Crippen molar-refractivity contribution < 1.29 is 26.8 Å². The lowest BCUT2D eigenvalue weighted by molar-refractivity contribution is 0.0270. The second kappa shape index (κ2) is 13.4. The fourth-order valence-corrected chi connectivity index (χ4v) is 6.38. The van der Waals surface area contributed by atoms with Crippen LogP contribution in [0.2, 0.25) is 0 Å². The molecule has 0 saturated heterocycles. The van der Waals surface area contributed by atoms with Crippen LogP contribution in [0.3, 0.4) is 0 Å². The zero-order valence-electron chi connectivity index (χ0n) is 23.1. The second-order valence-electron chi connectivity index (χ2n) is 10.1. The van der Waals surface area contributed by atoms with Crippen LogP contribution in [0.1, 0.15) is 40.2 Å². The van der Waals surface area contributed by atoms with Crippen molar-refractivity contribution in [3.8, 4) is 0 Å². The van der Waals surface area contributed by atoms with Crippen LogP contribution in [0.15, 0.2) is 78.0 Å². The molecule has 2 heterocycles.